The Bertz CT molecular complexity index is 490. The second kappa shape index (κ2) is 5.68. The number of benzene rings is 1. The van der Waals surface area contributed by atoms with Gasteiger partial charge in [-0.05, 0) is 43.3 Å². The Labute approximate surface area is 123 Å². The van der Waals surface area contributed by atoms with E-state index in [0.29, 0.717) is 0 Å². The van der Waals surface area contributed by atoms with E-state index in [1.807, 2.05) is 36.0 Å². The van der Waals surface area contributed by atoms with Crippen molar-refractivity contribution in [3.8, 4) is 5.75 Å². The molecule has 0 bridgehead atoms. The fourth-order valence-corrected chi connectivity index (χ4v) is 4.03. The van der Waals surface area contributed by atoms with Crippen molar-refractivity contribution in [2.45, 2.75) is 43.6 Å². The predicted octanol–water partition coefficient (Wildman–Crippen LogP) is 3.47. The van der Waals surface area contributed by atoms with Crippen molar-refractivity contribution in [3.63, 3.8) is 0 Å². The highest BCUT2D eigenvalue weighted by molar-refractivity contribution is 7.99. The lowest BCUT2D eigenvalue weighted by Crippen LogP contribution is -2.24. The van der Waals surface area contributed by atoms with Crippen LogP contribution in [0.5, 0.6) is 5.75 Å². The molecule has 0 radical (unpaired) electrons. The van der Waals surface area contributed by atoms with E-state index in [0.717, 1.165) is 48.5 Å². The van der Waals surface area contributed by atoms with Gasteiger partial charge in [0.05, 0.1) is 6.42 Å². The molecule has 4 heteroatoms. The van der Waals surface area contributed by atoms with Crippen LogP contribution in [0.25, 0.3) is 0 Å². The second-order valence-electron chi connectivity index (χ2n) is 5.78. The van der Waals surface area contributed by atoms with E-state index in [2.05, 4.69) is 0 Å². The van der Waals surface area contributed by atoms with E-state index < -0.39 is 5.97 Å². The lowest BCUT2D eigenvalue weighted by molar-refractivity contribution is -0.137. The number of carboxylic acid groups (broad SMARTS) is 1. The van der Waals surface area contributed by atoms with Gasteiger partial charge in [0.2, 0.25) is 0 Å². The minimum Gasteiger partial charge on any atom is -0.490 e. The summed E-state index contributed by atoms with van der Waals surface area (Å²) in [6.07, 6.45) is 4.60. The number of carbonyl (C=O) groups is 1. The van der Waals surface area contributed by atoms with Crippen LogP contribution in [0.2, 0.25) is 0 Å². The number of para-hydroxylation sites is 1. The predicted molar refractivity (Wildman–Crippen MR) is 80.6 cm³/mol. The molecule has 1 aromatic rings. The molecular formula is C16H20O3S. The third kappa shape index (κ3) is 2.95. The molecule has 1 heterocycles. The maximum atomic E-state index is 11.1. The van der Waals surface area contributed by atoms with Gasteiger partial charge in [-0.1, -0.05) is 18.2 Å². The summed E-state index contributed by atoms with van der Waals surface area (Å²) in [5.41, 5.74) is 0.923. The molecule has 1 aliphatic carbocycles. The molecular weight excluding hydrogens is 272 g/mol. The van der Waals surface area contributed by atoms with E-state index in [-0.39, 0.29) is 17.9 Å². The Morgan fingerprint density at radius 1 is 1.30 bits per heavy atom. The molecule has 108 valence electrons. The lowest BCUT2D eigenvalue weighted by Gasteiger charge is -2.26. The molecule has 0 spiro atoms. The van der Waals surface area contributed by atoms with E-state index in [4.69, 9.17) is 9.84 Å². The number of ether oxygens (including phenoxy) is 1. The van der Waals surface area contributed by atoms with Crippen LogP contribution >= 0.6 is 11.8 Å². The zero-order chi connectivity index (χ0) is 14.0. The van der Waals surface area contributed by atoms with Gasteiger partial charge in [-0.2, -0.15) is 11.8 Å². The van der Waals surface area contributed by atoms with E-state index in [9.17, 15) is 4.79 Å². The lowest BCUT2D eigenvalue weighted by atomic mass is 9.91. The van der Waals surface area contributed by atoms with E-state index >= 15 is 0 Å². The minimum absolute atomic E-state index is 0.175. The van der Waals surface area contributed by atoms with Crippen molar-refractivity contribution in [2.24, 2.45) is 0 Å². The monoisotopic (exact) mass is 292 g/mol. The summed E-state index contributed by atoms with van der Waals surface area (Å²) in [4.78, 5) is 11.1. The number of hydrogen-bond donors (Lipinski definition) is 1. The maximum absolute atomic E-state index is 11.1. The van der Waals surface area contributed by atoms with Crippen LogP contribution in [-0.2, 0) is 10.2 Å². The van der Waals surface area contributed by atoms with Crippen LogP contribution in [0.15, 0.2) is 24.3 Å². The summed E-state index contributed by atoms with van der Waals surface area (Å²) in [5.74, 6) is 2.51. The first-order valence-corrected chi connectivity index (χ1v) is 8.41. The van der Waals surface area contributed by atoms with Crippen LogP contribution in [0.1, 0.15) is 37.7 Å². The molecule has 1 aromatic carbocycles. The average Bonchev–Trinajstić information content (AvgIpc) is 3.20. The summed E-state index contributed by atoms with van der Waals surface area (Å²) in [7, 11) is 0. The van der Waals surface area contributed by atoms with Crippen LogP contribution in [0.4, 0.5) is 0 Å². The van der Waals surface area contributed by atoms with Gasteiger partial charge in [-0.25, -0.2) is 0 Å². The van der Waals surface area contributed by atoms with Gasteiger partial charge in [-0.15, -0.1) is 0 Å². The second-order valence-corrected chi connectivity index (χ2v) is 7.00. The fourth-order valence-electron chi connectivity index (χ4n) is 2.96. The smallest absolute Gasteiger partial charge is 0.304 e. The highest BCUT2D eigenvalue weighted by Gasteiger charge is 2.47. The molecule has 3 nitrogen and oxygen atoms in total. The summed E-state index contributed by atoms with van der Waals surface area (Å²) >= 11 is 1.98. The molecule has 1 N–H and O–H groups in total. The van der Waals surface area contributed by atoms with Crippen LogP contribution in [0.3, 0.4) is 0 Å². The Morgan fingerprint density at radius 2 is 2.00 bits per heavy atom. The van der Waals surface area contributed by atoms with Crippen molar-refractivity contribution >= 4 is 17.7 Å². The third-order valence-electron chi connectivity index (χ3n) is 4.26. The van der Waals surface area contributed by atoms with E-state index in [1.54, 1.807) is 0 Å². The molecule has 20 heavy (non-hydrogen) atoms. The molecule has 1 saturated carbocycles. The van der Waals surface area contributed by atoms with Gasteiger partial charge in [-0.3, -0.25) is 4.79 Å². The first kappa shape index (κ1) is 13.8. The van der Waals surface area contributed by atoms with Gasteiger partial charge < -0.3 is 9.84 Å². The van der Waals surface area contributed by atoms with Gasteiger partial charge in [0.25, 0.3) is 0 Å². The van der Waals surface area contributed by atoms with Crippen molar-refractivity contribution < 1.29 is 14.6 Å². The Morgan fingerprint density at radius 3 is 2.65 bits per heavy atom. The van der Waals surface area contributed by atoms with Crippen LogP contribution in [0, 0.1) is 0 Å². The largest absolute Gasteiger partial charge is 0.490 e. The minimum atomic E-state index is -0.716. The van der Waals surface area contributed by atoms with E-state index in [1.165, 1.54) is 0 Å². The average molecular weight is 292 g/mol. The first-order valence-electron chi connectivity index (χ1n) is 7.25. The molecule has 1 saturated heterocycles. The van der Waals surface area contributed by atoms with Crippen molar-refractivity contribution in [1.82, 2.24) is 0 Å². The number of hydrogen-bond acceptors (Lipinski definition) is 3. The molecule has 2 fully saturated rings. The summed E-state index contributed by atoms with van der Waals surface area (Å²) in [5, 5.41) is 9.12. The molecule has 0 aromatic heterocycles. The van der Waals surface area contributed by atoms with Crippen molar-refractivity contribution in [3.05, 3.63) is 29.8 Å². The summed E-state index contributed by atoms with van der Waals surface area (Å²) < 4.78 is 6.19. The van der Waals surface area contributed by atoms with Crippen LogP contribution < -0.4 is 4.74 Å². The van der Waals surface area contributed by atoms with Gasteiger partial charge in [0.1, 0.15) is 11.9 Å². The van der Waals surface area contributed by atoms with Crippen molar-refractivity contribution in [2.75, 3.05) is 11.5 Å². The summed E-state index contributed by atoms with van der Waals surface area (Å²) in [6.45, 7) is 0. The number of carboxylic acids is 1. The zero-order valence-electron chi connectivity index (χ0n) is 11.5. The number of rotatable bonds is 5. The highest BCUT2D eigenvalue weighted by Crippen LogP contribution is 2.54. The summed E-state index contributed by atoms with van der Waals surface area (Å²) in [6, 6.07) is 8.01. The SMILES string of the molecule is O=C(O)CC1(c2ccccc2OC2CCSCC2)CC1. The Kier molecular flexibility index (Phi) is 3.92. The fraction of sp³-hybridized carbons (Fsp3) is 0.562. The van der Waals surface area contributed by atoms with Gasteiger partial charge in [0, 0.05) is 11.0 Å². The molecule has 2 aliphatic rings. The number of aliphatic carboxylic acids is 1. The quantitative estimate of drug-likeness (QED) is 0.902. The Hall–Kier alpha value is -1.16. The Balaban J connectivity index is 1.79. The van der Waals surface area contributed by atoms with Gasteiger partial charge in [0.15, 0.2) is 0 Å². The topological polar surface area (TPSA) is 46.5 Å². The third-order valence-corrected chi connectivity index (χ3v) is 5.31. The molecule has 3 rings (SSSR count). The molecule has 1 aliphatic heterocycles. The van der Waals surface area contributed by atoms with Crippen molar-refractivity contribution in [1.29, 1.82) is 0 Å². The molecule has 0 atom stereocenters. The first-order chi connectivity index (χ1) is 9.70. The highest BCUT2D eigenvalue weighted by atomic mass is 32.2. The van der Waals surface area contributed by atoms with Crippen LogP contribution in [-0.4, -0.2) is 28.7 Å². The number of thioether (sulfide) groups is 1. The zero-order valence-corrected chi connectivity index (χ0v) is 12.3. The normalized spacial score (nSPS) is 21.4. The standard InChI is InChI=1S/C16H20O3S/c17-15(18)11-16(7-8-16)13-3-1-2-4-14(13)19-12-5-9-20-10-6-12/h1-4,12H,5-11H2,(H,17,18). The maximum Gasteiger partial charge on any atom is 0.304 e. The molecule has 0 amide bonds. The van der Waals surface area contributed by atoms with Gasteiger partial charge >= 0.3 is 5.97 Å². The molecule has 0 unspecified atom stereocenters.